The molecule has 3 unspecified atom stereocenters. The first-order valence-corrected chi connectivity index (χ1v) is 12.7. The molecule has 1 aliphatic carbocycles. The summed E-state index contributed by atoms with van der Waals surface area (Å²) >= 11 is 0. The molecule has 6 nitrogen and oxygen atoms in total. The highest BCUT2D eigenvalue weighted by Crippen LogP contribution is 2.44. The van der Waals surface area contributed by atoms with Crippen LogP contribution in [0.15, 0.2) is 30.3 Å². The molecule has 3 aliphatic rings. The summed E-state index contributed by atoms with van der Waals surface area (Å²) in [7, 11) is 1.36. The predicted octanol–water partition coefficient (Wildman–Crippen LogP) is 5.42. The number of rotatable bonds is 6. The van der Waals surface area contributed by atoms with E-state index in [9.17, 15) is 18.0 Å². The fourth-order valence-corrected chi connectivity index (χ4v) is 5.89. The largest absolute Gasteiger partial charge is 0.492 e. The third kappa shape index (κ3) is 5.43. The number of alkyl halides is 3. The lowest BCUT2D eigenvalue weighted by Gasteiger charge is -2.36. The molecule has 0 radical (unpaired) electrons. The van der Waals surface area contributed by atoms with Gasteiger partial charge in [0.1, 0.15) is 17.6 Å². The van der Waals surface area contributed by atoms with Crippen molar-refractivity contribution in [2.45, 2.75) is 70.1 Å². The molecule has 1 fully saturated rings. The van der Waals surface area contributed by atoms with Crippen molar-refractivity contribution in [2.75, 3.05) is 26.8 Å². The van der Waals surface area contributed by atoms with Crippen LogP contribution < -0.4 is 9.47 Å². The molecule has 2 heterocycles. The predicted molar refractivity (Wildman–Crippen MR) is 130 cm³/mol. The zero-order valence-electron chi connectivity index (χ0n) is 21.3. The van der Waals surface area contributed by atoms with E-state index in [1.807, 2.05) is 26.0 Å². The normalized spacial score (nSPS) is 25.4. The van der Waals surface area contributed by atoms with Gasteiger partial charge in [0.2, 0.25) is 0 Å². The summed E-state index contributed by atoms with van der Waals surface area (Å²) in [6.07, 6.45) is -3.46. The van der Waals surface area contributed by atoms with E-state index >= 15 is 0 Å². The summed E-state index contributed by atoms with van der Waals surface area (Å²) in [5.41, 5.74) is 2.25. The van der Waals surface area contributed by atoms with E-state index in [-0.39, 0.29) is 43.2 Å². The highest BCUT2D eigenvalue weighted by Gasteiger charge is 2.38. The van der Waals surface area contributed by atoms with Gasteiger partial charge >= 0.3 is 12.1 Å². The molecule has 37 heavy (non-hydrogen) atoms. The maximum Gasteiger partial charge on any atom is 0.416 e. The quantitative estimate of drug-likeness (QED) is 0.475. The van der Waals surface area contributed by atoms with Crippen LogP contribution in [0.1, 0.15) is 66.5 Å². The molecule has 2 aromatic carbocycles. The number of hydrogen-bond donors (Lipinski definition) is 0. The Morgan fingerprint density at radius 2 is 1.84 bits per heavy atom. The molecule has 2 aromatic rings. The Hall–Kier alpha value is -2.78. The minimum atomic E-state index is -4.43. The minimum Gasteiger partial charge on any atom is -0.492 e. The van der Waals surface area contributed by atoms with Gasteiger partial charge in [-0.2, -0.15) is 13.2 Å². The monoisotopic (exact) mass is 519 g/mol. The second-order valence-corrected chi connectivity index (χ2v) is 10.2. The van der Waals surface area contributed by atoms with Crippen molar-refractivity contribution in [3.63, 3.8) is 0 Å². The van der Waals surface area contributed by atoms with E-state index in [1.54, 1.807) is 12.1 Å². The van der Waals surface area contributed by atoms with Gasteiger partial charge < -0.3 is 18.9 Å². The number of morpholine rings is 1. The van der Waals surface area contributed by atoms with Crippen LogP contribution in [0.5, 0.6) is 11.5 Å². The average Bonchev–Trinajstić information content (AvgIpc) is 3.42. The number of fused-ring (bicyclic) bond motifs is 2. The molecule has 0 aromatic heterocycles. The number of halogens is 3. The zero-order valence-corrected chi connectivity index (χ0v) is 21.3. The Morgan fingerprint density at radius 1 is 1.11 bits per heavy atom. The molecule has 200 valence electrons. The number of carbonyl (C=O) groups is 1. The summed E-state index contributed by atoms with van der Waals surface area (Å²) in [5, 5.41) is 0. The molecular weight excluding hydrogens is 487 g/mol. The zero-order chi connectivity index (χ0) is 26.3. The smallest absolute Gasteiger partial charge is 0.416 e. The summed E-state index contributed by atoms with van der Waals surface area (Å²) < 4.78 is 64.6. The third-order valence-corrected chi connectivity index (χ3v) is 7.44. The number of ether oxygens (including phenoxy) is 4. The van der Waals surface area contributed by atoms with Crippen LogP contribution >= 0.6 is 0 Å². The molecule has 4 atom stereocenters. The Bertz CT molecular complexity index is 1160. The molecule has 0 saturated carbocycles. The van der Waals surface area contributed by atoms with Crippen molar-refractivity contribution in [3.05, 3.63) is 58.1 Å². The Morgan fingerprint density at radius 3 is 2.54 bits per heavy atom. The molecule has 0 bridgehead atoms. The lowest BCUT2D eigenvalue weighted by molar-refractivity contribution is -0.141. The van der Waals surface area contributed by atoms with Crippen molar-refractivity contribution in [1.29, 1.82) is 0 Å². The summed E-state index contributed by atoms with van der Waals surface area (Å²) in [6.45, 7) is 5.71. The maximum atomic E-state index is 14.0. The second-order valence-electron chi connectivity index (χ2n) is 10.2. The highest BCUT2D eigenvalue weighted by atomic mass is 19.4. The van der Waals surface area contributed by atoms with Crippen molar-refractivity contribution >= 4 is 5.97 Å². The minimum absolute atomic E-state index is 0.0276. The summed E-state index contributed by atoms with van der Waals surface area (Å²) in [5.74, 6) is 0.887. The highest BCUT2D eigenvalue weighted by molar-refractivity contribution is 5.71. The second kappa shape index (κ2) is 10.2. The van der Waals surface area contributed by atoms with Crippen LogP contribution in [0.3, 0.4) is 0 Å². The van der Waals surface area contributed by atoms with E-state index < -0.39 is 11.7 Å². The van der Waals surface area contributed by atoms with Gasteiger partial charge in [0.25, 0.3) is 0 Å². The van der Waals surface area contributed by atoms with Crippen molar-refractivity contribution in [2.24, 2.45) is 0 Å². The molecule has 0 N–H and O–H groups in total. The number of esters is 1. The molecular formula is C28H32F3NO5. The Labute approximate surface area is 214 Å². The molecule has 1 saturated heterocycles. The van der Waals surface area contributed by atoms with Gasteiger partial charge in [-0.15, -0.1) is 0 Å². The lowest BCUT2D eigenvalue weighted by atomic mass is 9.95. The van der Waals surface area contributed by atoms with Crippen LogP contribution in [-0.2, 0) is 33.4 Å². The van der Waals surface area contributed by atoms with Crippen LogP contribution in [0.2, 0.25) is 0 Å². The first kappa shape index (κ1) is 25.9. The Balaban J connectivity index is 1.38. The van der Waals surface area contributed by atoms with Gasteiger partial charge in [-0.1, -0.05) is 12.1 Å². The molecule has 0 amide bonds. The van der Waals surface area contributed by atoms with Gasteiger partial charge in [0.05, 0.1) is 37.9 Å². The number of benzene rings is 2. The topological polar surface area (TPSA) is 57.2 Å². The lowest BCUT2D eigenvalue weighted by Crippen LogP contribution is -2.45. The van der Waals surface area contributed by atoms with Crippen molar-refractivity contribution < 1.29 is 36.9 Å². The molecule has 9 heteroatoms. The molecule has 0 spiro atoms. The number of methoxy groups -OCH3 is 1. The fourth-order valence-electron chi connectivity index (χ4n) is 5.89. The Kier molecular flexibility index (Phi) is 7.11. The van der Waals surface area contributed by atoms with Gasteiger partial charge in [-0.25, -0.2) is 0 Å². The summed E-state index contributed by atoms with van der Waals surface area (Å²) in [4.78, 5) is 13.7. The number of nitrogens with zero attached hydrogens (tertiary/aromatic N) is 1. The van der Waals surface area contributed by atoms with Crippen LogP contribution in [-0.4, -0.2) is 49.9 Å². The van der Waals surface area contributed by atoms with Gasteiger partial charge in [-0.05, 0) is 55.5 Å². The van der Waals surface area contributed by atoms with Crippen LogP contribution in [0.4, 0.5) is 13.2 Å². The average molecular weight is 520 g/mol. The van der Waals surface area contributed by atoms with Crippen LogP contribution in [0.25, 0.3) is 0 Å². The van der Waals surface area contributed by atoms with Gasteiger partial charge in [0, 0.05) is 37.2 Å². The van der Waals surface area contributed by atoms with E-state index in [1.165, 1.54) is 13.2 Å². The van der Waals surface area contributed by atoms with Crippen LogP contribution in [0, 0.1) is 0 Å². The number of hydrogen-bond acceptors (Lipinski definition) is 6. The summed E-state index contributed by atoms with van der Waals surface area (Å²) in [6, 6.07) is 8.29. The number of carbonyl (C=O) groups excluding carboxylic acids is 1. The van der Waals surface area contributed by atoms with Crippen molar-refractivity contribution in [1.82, 2.24) is 4.90 Å². The standard InChI is InChI=1S/C28H32F3NO5/c1-16-12-32(13-17(2)36-16)14-23-21-7-9-25(22(21)6-8-24(23)28(29,30)31)37-19-4-5-20-18(10-27(33)34-3)15-35-26(20)11-19/h4-6,8,11,16-18,25H,7,9-10,12-15H2,1-3H3/t16?,17?,18?,25-/m1/s1. The first-order chi connectivity index (χ1) is 17.6. The van der Waals surface area contributed by atoms with Gasteiger partial charge in [-0.3, -0.25) is 9.69 Å². The van der Waals surface area contributed by atoms with Crippen molar-refractivity contribution in [3.8, 4) is 11.5 Å². The van der Waals surface area contributed by atoms with E-state index in [0.29, 0.717) is 49.6 Å². The third-order valence-electron chi connectivity index (χ3n) is 7.44. The first-order valence-electron chi connectivity index (χ1n) is 12.7. The van der Waals surface area contributed by atoms with Gasteiger partial charge in [0.15, 0.2) is 0 Å². The molecule has 2 aliphatic heterocycles. The molecule has 5 rings (SSSR count). The van der Waals surface area contributed by atoms with E-state index in [4.69, 9.17) is 18.9 Å². The van der Waals surface area contributed by atoms with E-state index in [0.717, 1.165) is 16.7 Å². The fraction of sp³-hybridized carbons (Fsp3) is 0.536. The SMILES string of the molecule is COC(=O)CC1COc2cc(O[C@@H]3CCc4c3ccc(C(F)(F)F)c4CN3CC(C)OC(C)C3)ccc21. The maximum absolute atomic E-state index is 14.0. The van der Waals surface area contributed by atoms with E-state index in [2.05, 4.69) is 4.90 Å².